The lowest BCUT2D eigenvalue weighted by Gasteiger charge is -2.35. The van der Waals surface area contributed by atoms with E-state index in [1.54, 1.807) is 0 Å². The molecule has 2 heterocycles. The van der Waals surface area contributed by atoms with Crippen LogP contribution in [0, 0.1) is 11.8 Å². The van der Waals surface area contributed by atoms with Crippen molar-refractivity contribution in [2.75, 3.05) is 10.6 Å². The minimum Gasteiger partial charge on any atom is -0.309 e. The van der Waals surface area contributed by atoms with Gasteiger partial charge in [-0.05, 0) is 72.9 Å². The highest BCUT2D eigenvalue weighted by Crippen LogP contribution is 2.37. The molecule has 8 nitrogen and oxygen atoms in total. The van der Waals surface area contributed by atoms with E-state index in [-0.39, 0.29) is 11.8 Å². The summed E-state index contributed by atoms with van der Waals surface area (Å²) in [6, 6.07) is 26.7. The molecular weight excluding hydrogens is 476 g/mol. The van der Waals surface area contributed by atoms with Gasteiger partial charge in [0.2, 0.25) is 11.8 Å². The van der Waals surface area contributed by atoms with Crippen LogP contribution >= 0.6 is 0 Å². The van der Waals surface area contributed by atoms with Crippen molar-refractivity contribution in [3.63, 3.8) is 0 Å². The van der Waals surface area contributed by atoms with Crippen LogP contribution < -0.4 is 10.6 Å². The minimum atomic E-state index is -0.106. The summed E-state index contributed by atoms with van der Waals surface area (Å²) in [7, 11) is 0. The SMILES string of the molecule is O=C(Cc1ccccc1)Nc1ccc(CC2CC(Cc3ccc(NC(=O)Cc4ccccc4)nn3)C2)nn1. The molecule has 2 N–H and O–H groups in total. The molecule has 0 atom stereocenters. The first-order valence-electron chi connectivity index (χ1n) is 12.9. The molecule has 0 spiro atoms. The first-order valence-corrected chi connectivity index (χ1v) is 12.9. The van der Waals surface area contributed by atoms with Crippen molar-refractivity contribution in [3.8, 4) is 0 Å². The predicted molar refractivity (Wildman–Crippen MR) is 145 cm³/mol. The molecule has 8 heteroatoms. The second-order valence-electron chi connectivity index (χ2n) is 9.85. The number of aromatic nitrogens is 4. The average Bonchev–Trinajstić information content (AvgIpc) is 2.90. The quantitative estimate of drug-likeness (QED) is 0.329. The van der Waals surface area contributed by atoms with Crippen LogP contribution in [0.3, 0.4) is 0 Å². The van der Waals surface area contributed by atoms with Gasteiger partial charge in [-0.2, -0.15) is 10.2 Å². The number of benzene rings is 2. The number of hydrogen-bond donors (Lipinski definition) is 2. The van der Waals surface area contributed by atoms with Crippen molar-refractivity contribution in [3.05, 3.63) is 107 Å². The van der Waals surface area contributed by atoms with E-state index in [1.165, 1.54) is 0 Å². The van der Waals surface area contributed by atoms with Crippen molar-refractivity contribution in [1.82, 2.24) is 20.4 Å². The summed E-state index contributed by atoms with van der Waals surface area (Å²) in [5, 5.41) is 22.6. The van der Waals surface area contributed by atoms with E-state index < -0.39 is 0 Å². The van der Waals surface area contributed by atoms with Gasteiger partial charge < -0.3 is 10.6 Å². The Hall–Kier alpha value is -4.46. The maximum Gasteiger partial charge on any atom is 0.229 e. The highest BCUT2D eigenvalue weighted by atomic mass is 16.2. The molecule has 1 fully saturated rings. The van der Waals surface area contributed by atoms with Crippen LogP contribution in [0.2, 0.25) is 0 Å². The number of carbonyl (C=O) groups is 2. The van der Waals surface area contributed by atoms with Crippen molar-refractivity contribution in [2.24, 2.45) is 11.8 Å². The zero-order chi connectivity index (χ0) is 26.2. The van der Waals surface area contributed by atoms with E-state index in [9.17, 15) is 9.59 Å². The van der Waals surface area contributed by atoms with Crippen LogP contribution in [0.4, 0.5) is 11.6 Å². The number of amides is 2. The van der Waals surface area contributed by atoms with Gasteiger partial charge in [0.1, 0.15) is 0 Å². The third-order valence-electron chi connectivity index (χ3n) is 6.72. The highest BCUT2D eigenvalue weighted by molar-refractivity contribution is 5.91. The smallest absolute Gasteiger partial charge is 0.229 e. The van der Waals surface area contributed by atoms with Crippen LogP contribution in [-0.4, -0.2) is 32.2 Å². The monoisotopic (exact) mass is 506 g/mol. The summed E-state index contributed by atoms with van der Waals surface area (Å²) in [6.07, 6.45) is 4.58. The highest BCUT2D eigenvalue weighted by Gasteiger charge is 2.30. The molecule has 1 aliphatic rings. The van der Waals surface area contributed by atoms with Crippen LogP contribution in [0.15, 0.2) is 84.9 Å². The maximum atomic E-state index is 12.2. The van der Waals surface area contributed by atoms with Gasteiger partial charge >= 0.3 is 0 Å². The third-order valence-corrected chi connectivity index (χ3v) is 6.72. The zero-order valence-electron chi connectivity index (χ0n) is 21.1. The number of rotatable bonds is 10. The minimum absolute atomic E-state index is 0.106. The van der Waals surface area contributed by atoms with Crippen LogP contribution in [0.1, 0.15) is 35.4 Å². The molecule has 0 saturated heterocycles. The summed E-state index contributed by atoms with van der Waals surface area (Å²) in [5.41, 5.74) is 3.79. The molecule has 38 heavy (non-hydrogen) atoms. The fraction of sp³-hybridized carbons (Fsp3) is 0.267. The van der Waals surface area contributed by atoms with Gasteiger partial charge in [-0.3, -0.25) is 9.59 Å². The molecule has 0 radical (unpaired) electrons. The summed E-state index contributed by atoms with van der Waals surface area (Å²) < 4.78 is 0. The zero-order valence-corrected chi connectivity index (χ0v) is 21.1. The van der Waals surface area contributed by atoms with Crippen LogP contribution in [0.25, 0.3) is 0 Å². The normalized spacial score (nSPS) is 16.3. The molecule has 1 aliphatic carbocycles. The number of anilines is 2. The standard InChI is InChI=1S/C30H30N6O2/c37-29(19-21-7-3-1-4-8-21)31-27-13-11-25(33-35-27)17-23-15-24(16-23)18-26-12-14-28(36-34-26)32-30(38)20-22-9-5-2-6-10-22/h1-14,23-24H,15-20H2,(H,31,35,37)(H,32,36,38). The topological polar surface area (TPSA) is 110 Å². The van der Waals surface area contributed by atoms with Gasteiger partial charge in [-0.25, -0.2) is 0 Å². The Bertz CT molecular complexity index is 1230. The largest absolute Gasteiger partial charge is 0.309 e. The molecule has 2 aromatic heterocycles. The lowest BCUT2D eigenvalue weighted by molar-refractivity contribution is -0.116. The number of nitrogens with zero attached hydrogens (tertiary/aromatic N) is 4. The Morgan fingerprint density at radius 3 is 1.37 bits per heavy atom. The van der Waals surface area contributed by atoms with Gasteiger partial charge in [-0.1, -0.05) is 60.7 Å². The average molecular weight is 507 g/mol. The number of hydrogen-bond acceptors (Lipinski definition) is 6. The molecule has 5 rings (SSSR count). The van der Waals surface area contributed by atoms with Crippen LogP contribution in [0.5, 0.6) is 0 Å². The molecule has 1 saturated carbocycles. The van der Waals surface area contributed by atoms with Crippen molar-refractivity contribution < 1.29 is 9.59 Å². The fourth-order valence-corrected chi connectivity index (χ4v) is 4.81. The second-order valence-corrected chi connectivity index (χ2v) is 9.85. The molecule has 0 aliphatic heterocycles. The number of carbonyl (C=O) groups excluding carboxylic acids is 2. The van der Waals surface area contributed by atoms with Gasteiger partial charge in [-0.15, -0.1) is 10.2 Å². The Morgan fingerprint density at radius 1 is 0.579 bits per heavy atom. The van der Waals surface area contributed by atoms with E-state index in [0.717, 1.165) is 48.2 Å². The van der Waals surface area contributed by atoms with Crippen molar-refractivity contribution in [1.29, 1.82) is 0 Å². The van der Waals surface area contributed by atoms with E-state index in [4.69, 9.17) is 0 Å². The molecule has 192 valence electrons. The predicted octanol–water partition coefficient (Wildman–Crippen LogP) is 4.44. The summed E-state index contributed by atoms with van der Waals surface area (Å²) in [4.78, 5) is 24.4. The summed E-state index contributed by atoms with van der Waals surface area (Å²) in [6.45, 7) is 0. The lowest BCUT2D eigenvalue weighted by Crippen LogP contribution is -2.28. The Balaban J connectivity index is 1.01. The molecule has 0 bridgehead atoms. The van der Waals surface area contributed by atoms with E-state index >= 15 is 0 Å². The van der Waals surface area contributed by atoms with Crippen LogP contribution in [-0.2, 0) is 35.3 Å². The Labute approximate surface area is 221 Å². The third kappa shape index (κ3) is 7.29. The summed E-state index contributed by atoms with van der Waals surface area (Å²) in [5.74, 6) is 1.87. The van der Waals surface area contributed by atoms with Gasteiger partial charge in [0.25, 0.3) is 0 Å². The van der Waals surface area contributed by atoms with Gasteiger partial charge in [0, 0.05) is 0 Å². The molecule has 0 unspecified atom stereocenters. The molecule has 2 amide bonds. The molecule has 2 aromatic carbocycles. The fourth-order valence-electron chi connectivity index (χ4n) is 4.81. The van der Waals surface area contributed by atoms with E-state index in [2.05, 4.69) is 31.0 Å². The van der Waals surface area contributed by atoms with E-state index in [0.29, 0.717) is 36.3 Å². The Kier molecular flexibility index (Phi) is 8.08. The first kappa shape index (κ1) is 25.2. The second kappa shape index (κ2) is 12.2. The lowest BCUT2D eigenvalue weighted by atomic mass is 9.71. The Morgan fingerprint density at radius 2 is 1.00 bits per heavy atom. The summed E-state index contributed by atoms with van der Waals surface area (Å²) >= 11 is 0. The maximum absolute atomic E-state index is 12.2. The van der Waals surface area contributed by atoms with E-state index in [1.807, 2.05) is 84.9 Å². The molecular formula is C30H30N6O2. The van der Waals surface area contributed by atoms with Gasteiger partial charge in [0.15, 0.2) is 11.6 Å². The number of nitrogens with one attached hydrogen (secondary N) is 2. The van der Waals surface area contributed by atoms with Gasteiger partial charge in [0.05, 0.1) is 24.2 Å². The molecule has 4 aromatic rings. The van der Waals surface area contributed by atoms with Crippen molar-refractivity contribution in [2.45, 2.75) is 38.5 Å². The first-order chi connectivity index (χ1) is 18.6. The van der Waals surface area contributed by atoms with Crippen molar-refractivity contribution >= 4 is 23.5 Å².